The summed E-state index contributed by atoms with van der Waals surface area (Å²) in [5.74, 6) is 0.0464. The number of carbonyl (C=O) groups is 2. The molecule has 26 heavy (non-hydrogen) atoms. The topological polar surface area (TPSA) is 49.4 Å². The molecule has 4 rings (SSSR count). The fourth-order valence-corrected chi connectivity index (χ4v) is 3.68. The van der Waals surface area contributed by atoms with E-state index in [2.05, 4.69) is 5.32 Å². The highest BCUT2D eigenvalue weighted by molar-refractivity contribution is 6.36. The molecule has 2 aromatic carbocycles. The number of nitrogens with zero attached hydrogens (tertiary/aromatic N) is 1. The van der Waals surface area contributed by atoms with Crippen LogP contribution in [0.4, 0.5) is 11.4 Å². The van der Waals surface area contributed by atoms with Gasteiger partial charge in [0.05, 0.1) is 10.6 Å². The van der Waals surface area contributed by atoms with Crippen molar-refractivity contribution in [2.75, 3.05) is 16.8 Å². The number of halogens is 2. The fraction of sp³-hybridized carbons (Fsp3) is 0.300. The quantitative estimate of drug-likeness (QED) is 0.809. The summed E-state index contributed by atoms with van der Waals surface area (Å²) in [6.07, 6.45) is 3.87. The van der Waals surface area contributed by atoms with E-state index in [1.165, 1.54) is 0 Å². The van der Waals surface area contributed by atoms with Crippen molar-refractivity contribution in [2.45, 2.75) is 25.7 Å². The summed E-state index contributed by atoms with van der Waals surface area (Å²) in [6.45, 7) is 0.736. The molecule has 1 aliphatic heterocycles. The Labute approximate surface area is 162 Å². The third kappa shape index (κ3) is 3.44. The molecule has 1 heterocycles. The van der Waals surface area contributed by atoms with E-state index < -0.39 is 0 Å². The minimum atomic E-state index is -0.326. The number of hydrogen-bond donors (Lipinski definition) is 1. The van der Waals surface area contributed by atoms with E-state index >= 15 is 0 Å². The van der Waals surface area contributed by atoms with Crippen molar-refractivity contribution in [3.8, 4) is 0 Å². The molecule has 1 saturated carbocycles. The van der Waals surface area contributed by atoms with E-state index in [0.717, 1.165) is 43.5 Å². The van der Waals surface area contributed by atoms with Gasteiger partial charge in [0.1, 0.15) is 0 Å². The number of carbonyl (C=O) groups excluding carboxylic acids is 2. The number of hydrogen-bond acceptors (Lipinski definition) is 2. The third-order valence-electron chi connectivity index (χ3n) is 4.83. The molecule has 1 N–H and O–H groups in total. The fourth-order valence-electron chi connectivity index (χ4n) is 3.30. The zero-order valence-electron chi connectivity index (χ0n) is 14.1. The van der Waals surface area contributed by atoms with Gasteiger partial charge in [0.25, 0.3) is 5.91 Å². The normalized spacial score (nSPS) is 16.2. The van der Waals surface area contributed by atoms with Gasteiger partial charge in [-0.05, 0) is 61.6 Å². The highest BCUT2D eigenvalue weighted by atomic mass is 35.5. The number of fused-ring (bicyclic) bond motifs is 1. The molecule has 0 unspecified atom stereocenters. The van der Waals surface area contributed by atoms with Crippen molar-refractivity contribution in [3.63, 3.8) is 0 Å². The Bertz CT molecular complexity index is 893. The third-order valence-corrected chi connectivity index (χ3v) is 5.39. The van der Waals surface area contributed by atoms with Crippen LogP contribution in [-0.4, -0.2) is 18.4 Å². The molecule has 1 aliphatic carbocycles. The smallest absolute Gasteiger partial charge is 0.257 e. The zero-order valence-corrected chi connectivity index (χ0v) is 15.6. The molecular weight excluding hydrogens is 371 g/mol. The van der Waals surface area contributed by atoms with E-state index in [9.17, 15) is 9.59 Å². The summed E-state index contributed by atoms with van der Waals surface area (Å²) >= 11 is 12.1. The molecule has 0 radical (unpaired) electrons. The number of nitrogens with one attached hydrogen (secondary N) is 1. The van der Waals surface area contributed by atoms with E-state index in [1.54, 1.807) is 18.2 Å². The number of benzene rings is 2. The van der Waals surface area contributed by atoms with Crippen LogP contribution in [0, 0.1) is 5.92 Å². The predicted molar refractivity (Wildman–Crippen MR) is 104 cm³/mol. The molecule has 0 bridgehead atoms. The Balaban J connectivity index is 1.60. The second-order valence-corrected chi connectivity index (χ2v) is 7.63. The first kappa shape index (κ1) is 17.4. The Morgan fingerprint density at radius 1 is 1.08 bits per heavy atom. The van der Waals surface area contributed by atoms with E-state index in [4.69, 9.17) is 23.2 Å². The Hall–Kier alpha value is -2.04. The second-order valence-electron chi connectivity index (χ2n) is 6.79. The molecule has 0 saturated heterocycles. The highest BCUT2D eigenvalue weighted by Crippen LogP contribution is 2.37. The second kappa shape index (κ2) is 6.93. The summed E-state index contributed by atoms with van der Waals surface area (Å²) in [7, 11) is 0. The number of rotatable bonds is 3. The molecule has 0 spiro atoms. The molecule has 1 fully saturated rings. The van der Waals surface area contributed by atoms with Crippen molar-refractivity contribution < 1.29 is 9.59 Å². The van der Waals surface area contributed by atoms with Crippen molar-refractivity contribution >= 4 is 46.4 Å². The first-order valence-corrected chi connectivity index (χ1v) is 9.49. The van der Waals surface area contributed by atoms with Crippen LogP contribution in [0.1, 0.15) is 35.2 Å². The summed E-state index contributed by atoms with van der Waals surface area (Å²) in [4.78, 5) is 27.0. The minimum Gasteiger partial charge on any atom is -0.322 e. The number of aryl methyl sites for hydroxylation is 1. The average Bonchev–Trinajstić information content (AvgIpc) is 3.47. The molecule has 134 valence electrons. The summed E-state index contributed by atoms with van der Waals surface area (Å²) in [6, 6.07) is 10.5. The molecule has 0 atom stereocenters. The van der Waals surface area contributed by atoms with Gasteiger partial charge in [-0.25, -0.2) is 0 Å². The lowest BCUT2D eigenvalue weighted by Crippen LogP contribution is -2.36. The van der Waals surface area contributed by atoms with Gasteiger partial charge >= 0.3 is 0 Å². The first-order valence-electron chi connectivity index (χ1n) is 8.73. The summed E-state index contributed by atoms with van der Waals surface area (Å²) < 4.78 is 0. The number of anilines is 2. The van der Waals surface area contributed by atoms with Gasteiger partial charge in [-0.2, -0.15) is 0 Å². The Kier molecular flexibility index (Phi) is 4.63. The lowest BCUT2D eigenvalue weighted by Gasteiger charge is -2.30. The maximum atomic E-state index is 12.6. The van der Waals surface area contributed by atoms with Gasteiger partial charge in [-0.1, -0.05) is 29.3 Å². The van der Waals surface area contributed by atoms with Crippen LogP contribution in [0.2, 0.25) is 10.0 Å². The minimum absolute atomic E-state index is 0.171. The van der Waals surface area contributed by atoms with Crippen molar-refractivity contribution in [2.24, 2.45) is 5.92 Å². The summed E-state index contributed by atoms with van der Waals surface area (Å²) in [5, 5.41) is 3.65. The van der Waals surface area contributed by atoms with Gasteiger partial charge in [0, 0.05) is 28.9 Å². The van der Waals surface area contributed by atoms with E-state index in [-0.39, 0.29) is 17.7 Å². The van der Waals surface area contributed by atoms with Gasteiger partial charge in [0.15, 0.2) is 0 Å². The maximum Gasteiger partial charge on any atom is 0.257 e. The molecule has 2 aromatic rings. The van der Waals surface area contributed by atoms with Crippen LogP contribution in [-0.2, 0) is 11.2 Å². The van der Waals surface area contributed by atoms with Gasteiger partial charge < -0.3 is 10.2 Å². The maximum absolute atomic E-state index is 12.6. The van der Waals surface area contributed by atoms with Crippen LogP contribution >= 0.6 is 23.2 Å². The SMILES string of the molecule is O=C(Nc1ccc2c(c1)N(C(=O)C1CC1)CCC2)c1cc(Cl)ccc1Cl. The predicted octanol–water partition coefficient (Wildman–Crippen LogP) is 4.93. The molecule has 0 aromatic heterocycles. The number of amides is 2. The molecular formula is C20H18Cl2N2O2. The van der Waals surface area contributed by atoms with Crippen molar-refractivity contribution in [1.82, 2.24) is 0 Å². The molecule has 6 heteroatoms. The average molecular weight is 389 g/mol. The molecule has 2 aliphatic rings. The summed E-state index contributed by atoms with van der Waals surface area (Å²) in [5.41, 5.74) is 3.01. The van der Waals surface area contributed by atoms with Crippen LogP contribution in [0.3, 0.4) is 0 Å². The van der Waals surface area contributed by atoms with Gasteiger partial charge in [-0.3, -0.25) is 9.59 Å². The van der Waals surface area contributed by atoms with Crippen LogP contribution in [0.5, 0.6) is 0 Å². The largest absolute Gasteiger partial charge is 0.322 e. The molecule has 2 amide bonds. The highest BCUT2D eigenvalue weighted by Gasteiger charge is 2.35. The van der Waals surface area contributed by atoms with Gasteiger partial charge in [-0.15, -0.1) is 0 Å². The van der Waals surface area contributed by atoms with Crippen molar-refractivity contribution in [1.29, 1.82) is 0 Å². The van der Waals surface area contributed by atoms with Crippen LogP contribution in [0.25, 0.3) is 0 Å². The first-order chi connectivity index (χ1) is 12.5. The lowest BCUT2D eigenvalue weighted by molar-refractivity contribution is -0.119. The van der Waals surface area contributed by atoms with Crippen LogP contribution < -0.4 is 10.2 Å². The monoisotopic (exact) mass is 388 g/mol. The Morgan fingerprint density at radius 2 is 1.88 bits per heavy atom. The standard InChI is InChI=1S/C20H18Cl2N2O2/c21-14-6-8-17(22)16(10-14)19(25)23-15-7-5-12-2-1-9-24(18(12)11-15)20(26)13-3-4-13/h5-8,10-11,13H,1-4,9H2,(H,23,25). The van der Waals surface area contributed by atoms with Crippen LogP contribution in [0.15, 0.2) is 36.4 Å². The van der Waals surface area contributed by atoms with E-state index in [0.29, 0.717) is 21.3 Å². The van der Waals surface area contributed by atoms with Gasteiger partial charge in [0.2, 0.25) is 5.91 Å². The molecule has 4 nitrogen and oxygen atoms in total. The lowest BCUT2D eigenvalue weighted by atomic mass is 10.0. The van der Waals surface area contributed by atoms with E-state index in [1.807, 2.05) is 23.1 Å². The Morgan fingerprint density at radius 3 is 2.65 bits per heavy atom. The zero-order chi connectivity index (χ0) is 18.3. The van der Waals surface area contributed by atoms with Crippen molar-refractivity contribution in [3.05, 3.63) is 57.6 Å².